The second-order valence-corrected chi connectivity index (χ2v) is 14.5. The number of rotatable bonds is 36. The SMILES string of the molecule is CC/C=C\C/C=C\C/C=C\CCCCCCCCCC(=O)OC(COC(=O)CCCCCCCCCCCCCCCC)COP(=O)(O)O. The molecule has 9 heteroatoms. The van der Waals surface area contributed by atoms with Crippen LogP contribution in [-0.4, -0.2) is 41.0 Å². The molecule has 0 aromatic heterocycles. The van der Waals surface area contributed by atoms with E-state index in [1.807, 2.05) is 0 Å². The Morgan fingerprint density at radius 3 is 1.47 bits per heavy atom. The zero-order chi connectivity index (χ0) is 36.1. The van der Waals surface area contributed by atoms with Crippen LogP contribution in [0.15, 0.2) is 36.5 Å². The van der Waals surface area contributed by atoms with Gasteiger partial charge in [0.25, 0.3) is 0 Å². The molecule has 0 aromatic rings. The average molecular weight is 713 g/mol. The molecule has 0 saturated carbocycles. The van der Waals surface area contributed by atoms with Crippen LogP contribution in [0.5, 0.6) is 0 Å². The summed E-state index contributed by atoms with van der Waals surface area (Å²) in [6.07, 6.45) is 41.5. The summed E-state index contributed by atoms with van der Waals surface area (Å²) in [5.74, 6) is -0.892. The summed E-state index contributed by atoms with van der Waals surface area (Å²) in [6, 6.07) is 0. The van der Waals surface area contributed by atoms with Crippen molar-refractivity contribution in [1.82, 2.24) is 0 Å². The van der Waals surface area contributed by atoms with Crippen LogP contribution >= 0.6 is 7.82 Å². The summed E-state index contributed by atoms with van der Waals surface area (Å²) in [5.41, 5.74) is 0. The van der Waals surface area contributed by atoms with Crippen LogP contribution in [0.4, 0.5) is 0 Å². The largest absolute Gasteiger partial charge is 0.469 e. The minimum absolute atomic E-state index is 0.202. The molecule has 0 aliphatic heterocycles. The smallest absolute Gasteiger partial charge is 0.462 e. The number of carbonyl (C=O) groups excluding carboxylic acids is 2. The van der Waals surface area contributed by atoms with Crippen molar-refractivity contribution in [2.75, 3.05) is 13.2 Å². The molecule has 1 atom stereocenters. The van der Waals surface area contributed by atoms with E-state index in [4.69, 9.17) is 19.3 Å². The summed E-state index contributed by atoms with van der Waals surface area (Å²) < 4.78 is 26.3. The Morgan fingerprint density at radius 2 is 0.980 bits per heavy atom. The third kappa shape index (κ3) is 38.9. The Labute approximate surface area is 300 Å². The molecule has 1 unspecified atom stereocenters. The van der Waals surface area contributed by atoms with Gasteiger partial charge in [0.1, 0.15) is 6.61 Å². The molecular weight excluding hydrogens is 639 g/mol. The predicted molar refractivity (Wildman–Crippen MR) is 202 cm³/mol. The van der Waals surface area contributed by atoms with E-state index in [0.29, 0.717) is 6.42 Å². The second kappa shape index (κ2) is 36.1. The predicted octanol–water partition coefficient (Wildman–Crippen LogP) is 11.8. The lowest BCUT2D eigenvalue weighted by atomic mass is 10.0. The van der Waals surface area contributed by atoms with E-state index >= 15 is 0 Å². The maximum absolute atomic E-state index is 12.4. The number of unbranched alkanes of at least 4 members (excludes halogenated alkanes) is 20. The first-order valence-corrected chi connectivity index (χ1v) is 21.3. The molecule has 8 nitrogen and oxygen atoms in total. The quantitative estimate of drug-likeness (QED) is 0.0285. The highest BCUT2D eigenvalue weighted by Gasteiger charge is 2.22. The van der Waals surface area contributed by atoms with Crippen molar-refractivity contribution in [1.29, 1.82) is 0 Å². The highest BCUT2D eigenvalue weighted by molar-refractivity contribution is 7.46. The minimum Gasteiger partial charge on any atom is -0.462 e. The molecular formula is C40H73O8P. The van der Waals surface area contributed by atoms with Gasteiger partial charge >= 0.3 is 19.8 Å². The molecule has 286 valence electrons. The number of ether oxygens (including phenoxy) is 2. The van der Waals surface area contributed by atoms with Crippen molar-refractivity contribution in [3.63, 3.8) is 0 Å². The number of allylic oxidation sites excluding steroid dienone is 6. The van der Waals surface area contributed by atoms with Gasteiger partial charge in [0.15, 0.2) is 6.10 Å². The van der Waals surface area contributed by atoms with Crippen LogP contribution < -0.4 is 0 Å². The van der Waals surface area contributed by atoms with Crippen molar-refractivity contribution < 1.29 is 37.9 Å². The number of hydrogen-bond acceptors (Lipinski definition) is 6. The lowest BCUT2D eigenvalue weighted by Crippen LogP contribution is -2.29. The second-order valence-electron chi connectivity index (χ2n) is 13.2. The van der Waals surface area contributed by atoms with Gasteiger partial charge in [0, 0.05) is 12.8 Å². The van der Waals surface area contributed by atoms with Gasteiger partial charge in [-0.1, -0.05) is 166 Å². The Kier molecular flexibility index (Phi) is 34.8. The van der Waals surface area contributed by atoms with Crippen LogP contribution in [0.1, 0.15) is 187 Å². The fourth-order valence-corrected chi connectivity index (χ4v) is 5.87. The number of hydrogen-bond donors (Lipinski definition) is 2. The van der Waals surface area contributed by atoms with Crippen molar-refractivity contribution in [2.24, 2.45) is 0 Å². The third-order valence-electron chi connectivity index (χ3n) is 8.42. The van der Waals surface area contributed by atoms with Crippen molar-refractivity contribution in [3.05, 3.63) is 36.5 Å². The van der Waals surface area contributed by atoms with Gasteiger partial charge in [-0.15, -0.1) is 0 Å². The van der Waals surface area contributed by atoms with Gasteiger partial charge in [-0.05, 0) is 44.9 Å². The molecule has 0 heterocycles. The zero-order valence-corrected chi connectivity index (χ0v) is 32.2. The van der Waals surface area contributed by atoms with Gasteiger partial charge < -0.3 is 19.3 Å². The summed E-state index contributed by atoms with van der Waals surface area (Å²) >= 11 is 0. The first-order valence-electron chi connectivity index (χ1n) is 19.8. The molecule has 0 bridgehead atoms. The zero-order valence-electron chi connectivity index (χ0n) is 31.3. The number of phosphoric acid groups is 1. The fraction of sp³-hybridized carbons (Fsp3) is 0.800. The third-order valence-corrected chi connectivity index (χ3v) is 8.91. The monoisotopic (exact) mass is 713 g/mol. The summed E-state index contributed by atoms with van der Waals surface area (Å²) in [5, 5.41) is 0. The highest BCUT2D eigenvalue weighted by Crippen LogP contribution is 2.36. The molecule has 0 aliphatic rings. The average Bonchev–Trinajstić information content (AvgIpc) is 3.07. The molecule has 2 N–H and O–H groups in total. The van der Waals surface area contributed by atoms with Gasteiger partial charge in [-0.25, -0.2) is 4.57 Å². The van der Waals surface area contributed by atoms with Gasteiger partial charge in [-0.2, -0.15) is 0 Å². The van der Waals surface area contributed by atoms with Crippen LogP contribution in [0.25, 0.3) is 0 Å². The van der Waals surface area contributed by atoms with E-state index in [9.17, 15) is 14.2 Å². The molecule has 0 aliphatic carbocycles. The Bertz CT molecular complexity index is 895. The number of carbonyl (C=O) groups is 2. The molecule has 0 rings (SSSR count). The Hall–Kier alpha value is -1.73. The molecule has 0 amide bonds. The van der Waals surface area contributed by atoms with E-state index in [1.54, 1.807) is 0 Å². The van der Waals surface area contributed by atoms with Crippen LogP contribution in [-0.2, 0) is 28.2 Å². The Morgan fingerprint density at radius 1 is 0.551 bits per heavy atom. The topological polar surface area (TPSA) is 119 Å². The van der Waals surface area contributed by atoms with Gasteiger partial charge in [-0.3, -0.25) is 14.1 Å². The van der Waals surface area contributed by atoms with Gasteiger partial charge in [0.05, 0.1) is 6.61 Å². The van der Waals surface area contributed by atoms with Crippen molar-refractivity contribution in [3.8, 4) is 0 Å². The molecule has 0 fully saturated rings. The molecule has 0 spiro atoms. The number of phosphoric ester groups is 1. The van der Waals surface area contributed by atoms with Crippen LogP contribution in [0.3, 0.4) is 0 Å². The van der Waals surface area contributed by atoms with Crippen molar-refractivity contribution in [2.45, 2.75) is 193 Å². The van der Waals surface area contributed by atoms with E-state index < -0.39 is 32.5 Å². The normalized spacial score (nSPS) is 12.8. The maximum Gasteiger partial charge on any atom is 0.469 e. The summed E-state index contributed by atoms with van der Waals surface area (Å²) in [4.78, 5) is 42.8. The van der Waals surface area contributed by atoms with Crippen LogP contribution in [0.2, 0.25) is 0 Å². The van der Waals surface area contributed by atoms with E-state index in [2.05, 4.69) is 54.8 Å². The molecule has 0 radical (unpaired) electrons. The summed E-state index contributed by atoms with van der Waals surface area (Å²) in [6.45, 7) is 3.57. The number of esters is 2. The fourth-order valence-electron chi connectivity index (χ4n) is 5.51. The molecule has 49 heavy (non-hydrogen) atoms. The van der Waals surface area contributed by atoms with Gasteiger partial charge in [0.2, 0.25) is 0 Å². The lowest BCUT2D eigenvalue weighted by molar-refractivity contribution is -0.161. The summed E-state index contributed by atoms with van der Waals surface area (Å²) in [7, 11) is -4.75. The van der Waals surface area contributed by atoms with E-state index in [0.717, 1.165) is 64.2 Å². The first-order chi connectivity index (χ1) is 23.8. The standard InChI is InChI=1S/C40H73O8P/c1-3-5-7-9-11-13-15-17-19-20-21-23-25-27-29-31-33-35-40(42)48-38(37-47-49(43,44)45)36-46-39(41)34-32-30-28-26-24-22-18-16-14-12-10-8-6-4-2/h5,7,11,13,17,19,38H,3-4,6,8-10,12,14-16,18,20-37H2,1-2H3,(H2,43,44,45)/b7-5-,13-11-,19-17-. The first kappa shape index (κ1) is 47.3. The molecule has 0 saturated heterocycles. The van der Waals surface area contributed by atoms with E-state index in [1.165, 1.54) is 89.9 Å². The molecule has 0 aromatic carbocycles. The van der Waals surface area contributed by atoms with E-state index in [-0.39, 0.29) is 19.4 Å². The highest BCUT2D eigenvalue weighted by atomic mass is 31.2. The Balaban J connectivity index is 3.94. The lowest BCUT2D eigenvalue weighted by Gasteiger charge is -2.18. The maximum atomic E-state index is 12.4. The minimum atomic E-state index is -4.75. The van der Waals surface area contributed by atoms with Crippen molar-refractivity contribution >= 4 is 19.8 Å². The van der Waals surface area contributed by atoms with Crippen LogP contribution in [0, 0.1) is 0 Å².